The average Bonchev–Trinajstić information content (AvgIpc) is 2.74. The Hall–Kier alpha value is -0.980. The normalized spacial score (nSPS) is 27.3. The van der Waals surface area contributed by atoms with Gasteiger partial charge < -0.3 is 10.6 Å². The van der Waals surface area contributed by atoms with E-state index >= 15 is 0 Å². The van der Waals surface area contributed by atoms with Crippen LogP contribution < -0.4 is 5.73 Å². The van der Waals surface area contributed by atoms with Crippen molar-refractivity contribution in [1.29, 1.82) is 0 Å². The molecule has 0 saturated carbocycles. The van der Waals surface area contributed by atoms with E-state index in [1.807, 2.05) is 4.90 Å². The van der Waals surface area contributed by atoms with E-state index in [1.54, 1.807) is 0 Å². The van der Waals surface area contributed by atoms with E-state index in [4.69, 9.17) is 5.73 Å². The van der Waals surface area contributed by atoms with Gasteiger partial charge in [-0.1, -0.05) is 6.92 Å². The van der Waals surface area contributed by atoms with Gasteiger partial charge in [0.1, 0.15) is 0 Å². The summed E-state index contributed by atoms with van der Waals surface area (Å²) in [4.78, 5) is 7.87. The molecule has 4 nitrogen and oxygen atoms in total. The van der Waals surface area contributed by atoms with Crippen molar-refractivity contribution in [3.8, 4) is 0 Å². The van der Waals surface area contributed by atoms with E-state index in [-0.39, 0.29) is 6.04 Å². The van der Waals surface area contributed by atoms with Crippen LogP contribution in [0.1, 0.15) is 26.2 Å². The van der Waals surface area contributed by atoms with Gasteiger partial charge in [0, 0.05) is 26.2 Å². The Balaban J connectivity index is 1.82. The first kappa shape index (κ1) is 15.4. The summed E-state index contributed by atoms with van der Waals surface area (Å²) in [7, 11) is 0. The van der Waals surface area contributed by atoms with Crippen molar-refractivity contribution in [3.05, 3.63) is 0 Å². The van der Waals surface area contributed by atoms with Crippen molar-refractivity contribution in [2.45, 2.75) is 38.4 Å². The van der Waals surface area contributed by atoms with E-state index < -0.39 is 12.7 Å². The van der Waals surface area contributed by atoms with Gasteiger partial charge in [-0.15, -0.1) is 0 Å². The minimum atomic E-state index is -4.13. The highest BCUT2D eigenvalue weighted by Crippen LogP contribution is 2.21. The molecule has 7 heteroatoms. The lowest BCUT2D eigenvalue weighted by Crippen LogP contribution is -2.43. The van der Waals surface area contributed by atoms with Crippen LogP contribution in [0.4, 0.5) is 13.2 Å². The number of alkyl halides is 3. The molecule has 0 aliphatic carbocycles. The number of aliphatic imine (C=N–C) groups is 1. The number of likely N-dealkylation sites (tertiary alicyclic amines) is 2. The van der Waals surface area contributed by atoms with Gasteiger partial charge in [-0.3, -0.25) is 4.90 Å². The molecule has 0 aromatic rings. The number of rotatable bonds is 2. The van der Waals surface area contributed by atoms with E-state index in [2.05, 4.69) is 11.9 Å². The van der Waals surface area contributed by atoms with Gasteiger partial charge in [-0.05, 0) is 25.2 Å². The Kier molecular flexibility index (Phi) is 4.78. The molecule has 2 fully saturated rings. The second-order valence-electron chi connectivity index (χ2n) is 5.95. The highest BCUT2D eigenvalue weighted by molar-refractivity contribution is 5.78. The Morgan fingerprint density at radius 1 is 1.20 bits per heavy atom. The molecule has 2 aliphatic heterocycles. The first-order valence-corrected chi connectivity index (χ1v) is 7.21. The van der Waals surface area contributed by atoms with E-state index in [1.165, 1.54) is 4.90 Å². The number of guanidine groups is 1. The van der Waals surface area contributed by atoms with Crippen LogP contribution in [-0.2, 0) is 0 Å². The number of hydrogen-bond acceptors (Lipinski definition) is 2. The third-order valence-corrected chi connectivity index (χ3v) is 4.07. The van der Waals surface area contributed by atoms with Crippen molar-refractivity contribution in [3.63, 3.8) is 0 Å². The summed E-state index contributed by atoms with van der Waals surface area (Å²) in [5.41, 5.74) is 5.98. The Bertz CT molecular complexity index is 348. The number of nitrogens with two attached hydrogens (primary N) is 1. The van der Waals surface area contributed by atoms with Gasteiger partial charge in [0.25, 0.3) is 0 Å². The molecule has 2 heterocycles. The zero-order valence-electron chi connectivity index (χ0n) is 11.9. The van der Waals surface area contributed by atoms with Gasteiger partial charge in [0.15, 0.2) is 5.96 Å². The van der Waals surface area contributed by atoms with Crippen LogP contribution in [-0.4, -0.2) is 60.7 Å². The topological polar surface area (TPSA) is 44.9 Å². The standard InChI is InChI=1S/C13H23F3N4/c1-10-2-6-20(7-3-10)12(17)18-11-4-5-19(8-11)9-13(14,15)16/h10-11H,2-9H2,1H3,(H2,17,18). The first-order valence-electron chi connectivity index (χ1n) is 7.21. The highest BCUT2D eigenvalue weighted by Gasteiger charge is 2.34. The molecule has 116 valence electrons. The molecular weight excluding hydrogens is 269 g/mol. The summed E-state index contributed by atoms with van der Waals surface area (Å²) in [6.07, 6.45) is -1.28. The van der Waals surface area contributed by atoms with Crippen LogP contribution in [0.5, 0.6) is 0 Å². The molecule has 1 atom stereocenters. The predicted molar refractivity (Wildman–Crippen MR) is 72.5 cm³/mol. The minimum Gasteiger partial charge on any atom is -0.370 e. The highest BCUT2D eigenvalue weighted by atomic mass is 19.4. The second kappa shape index (κ2) is 6.20. The molecule has 1 unspecified atom stereocenters. The fourth-order valence-corrected chi connectivity index (χ4v) is 2.82. The van der Waals surface area contributed by atoms with E-state index in [0.29, 0.717) is 31.4 Å². The van der Waals surface area contributed by atoms with Crippen LogP contribution in [0.3, 0.4) is 0 Å². The smallest absolute Gasteiger partial charge is 0.370 e. The third-order valence-electron chi connectivity index (χ3n) is 4.07. The molecule has 0 spiro atoms. The van der Waals surface area contributed by atoms with E-state index in [0.717, 1.165) is 25.9 Å². The molecule has 20 heavy (non-hydrogen) atoms. The van der Waals surface area contributed by atoms with Crippen molar-refractivity contribution in [2.24, 2.45) is 16.6 Å². The van der Waals surface area contributed by atoms with Gasteiger partial charge in [0.05, 0.1) is 12.6 Å². The molecule has 2 aliphatic rings. The summed E-state index contributed by atoms with van der Waals surface area (Å²) in [5, 5.41) is 0. The largest absolute Gasteiger partial charge is 0.401 e. The number of nitrogens with zero attached hydrogens (tertiary/aromatic N) is 3. The first-order chi connectivity index (χ1) is 9.33. The summed E-state index contributed by atoms with van der Waals surface area (Å²) < 4.78 is 36.9. The summed E-state index contributed by atoms with van der Waals surface area (Å²) in [6.45, 7) is 3.96. The maximum atomic E-state index is 12.3. The lowest BCUT2D eigenvalue weighted by Gasteiger charge is -2.31. The Morgan fingerprint density at radius 3 is 2.45 bits per heavy atom. The molecule has 2 N–H and O–H groups in total. The van der Waals surface area contributed by atoms with Gasteiger partial charge in [-0.25, -0.2) is 4.99 Å². The van der Waals surface area contributed by atoms with Crippen molar-refractivity contribution >= 4 is 5.96 Å². The SMILES string of the molecule is CC1CCN(C(N)=NC2CCN(CC(F)(F)F)C2)CC1. The van der Waals surface area contributed by atoms with Crippen LogP contribution in [0.15, 0.2) is 4.99 Å². The average molecular weight is 292 g/mol. The summed E-state index contributed by atoms with van der Waals surface area (Å²) in [6, 6.07) is -0.100. The molecular formula is C13H23F3N4. The zero-order chi connectivity index (χ0) is 14.8. The van der Waals surface area contributed by atoms with Gasteiger partial charge in [0.2, 0.25) is 0 Å². The van der Waals surface area contributed by atoms with Crippen molar-refractivity contribution in [2.75, 3.05) is 32.7 Å². The Morgan fingerprint density at radius 2 is 1.85 bits per heavy atom. The monoisotopic (exact) mass is 292 g/mol. The van der Waals surface area contributed by atoms with Crippen molar-refractivity contribution < 1.29 is 13.2 Å². The van der Waals surface area contributed by atoms with Crippen LogP contribution >= 0.6 is 0 Å². The van der Waals surface area contributed by atoms with Crippen LogP contribution in [0.25, 0.3) is 0 Å². The summed E-state index contributed by atoms with van der Waals surface area (Å²) >= 11 is 0. The number of piperidine rings is 1. The van der Waals surface area contributed by atoms with Crippen molar-refractivity contribution in [1.82, 2.24) is 9.80 Å². The molecule has 0 amide bonds. The van der Waals surface area contributed by atoms with Gasteiger partial charge in [-0.2, -0.15) is 13.2 Å². The predicted octanol–water partition coefficient (Wildman–Crippen LogP) is 1.67. The zero-order valence-corrected chi connectivity index (χ0v) is 11.9. The van der Waals surface area contributed by atoms with E-state index in [9.17, 15) is 13.2 Å². The minimum absolute atomic E-state index is 0.100. The maximum absolute atomic E-state index is 12.3. The quantitative estimate of drug-likeness (QED) is 0.622. The Labute approximate surface area is 117 Å². The molecule has 2 saturated heterocycles. The van der Waals surface area contributed by atoms with Gasteiger partial charge >= 0.3 is 6.18 Å². The molecule has 0 aromatic heterocycles. The van der Waals surface area contributed by atoms with Crippen LogP contribution in [0, 0.1) is 5.92 Å². The molecule has 0 bridgehead atoms. The molecule has 0 aromatic carbocycles. The second-order valence-corrected chi connectivity index (χ2v) is 5.95. The molecule has 0 radical (unpaired) electrons. The fourth-order valence-electron chi connectivity index (χ4n) is 2.82. The lowest BCUT2D eigenvalue weighted by atomic mass is 10.00. The third kappa shape index (κ3) is 4.54. The molecule has 2 rings (SSSR count). The fraction of sp³-hybridized carbons (Fsp3) is 0.923. The maximum Gasteiger partial charge on any atom is 0.401 e. The number of halogens is 3. The summed E-state index contributed by atoms with van der Waals surface area (Å²) in [5.74, 6) is 1.21. The number of hydrogen-bond donors (Lipinski definition) is 1. The van der Waals surface area contributed by atoms with Crippen LogP contribution in [0.2, 0.25) is 0 Å². The lowest BCUT2D eigenvalue weighted by molar-refractivity contribution is -0.143.